The number of rotatable bonds is 6. The molecule has 0 amide bonds. The van der Waals surface area contributed by atoms with Gasteiger partial charge in [0.1, 0.15) is 11.6 Å². The van der Waals surface area contributed by atoms with Gasteiger partial charge in [-0.3, -0.25) is 5.10 Å². The molecule has 0 fully saturated rings. The van der Waals surface area contributed by atoms with Gasteiger partial charge in [0, 0.05) is 12.2 Å². The molecule has 0 aliphatic carbocycles. The van der Waals surface area contributed by atoms with Gasteiger partial charge in [-0.25, -0.2) is 4.98 Å². The molecule has 2 aromatic rings. The molecule has 0 saturated heterocycles. The van der Waals surface area contributed by atoms with Gasteiger partial charge in [0.25, 0.3) is 0 Å². The molecule has 0 aliphatic rings. The average Bonchev–Trinajstić information content (AvgIpc) is 2.86. The summed E-state index contributed by atoms with van der Waals surface area (Å²) < 4.78 is 5.41. The lowest BCUT2D eigenvalue weighted by Gasteiger charge is -2.03. The first-order chi connectivity index (χ1) is 8.81. The minimum absolute atomic E-state index is 0.699. The lowest BCUT2D eigenvalue weighted by atomic mass is 10.2. The minimum Gasteiger partial charge on any atom is -0.494 e. The van der Waals surface area contributed by atoms with Gasteiger partial charge < -0.3 is 4.74 Å². The highest BCUT2D eigenvalue weighted by Crippen LogP contribution is 2.21. The third-order valence-corrected chi connectivity index (χ3v) is 3.37. The number of H-pyrrole nitrogens is 1. The number of aromatic amines is 1. The first kappa shape index (κ1) is 13.0. The van der Waals surface area contributed by atoms with Crippen molar-refractivity contribution in [1.29, 1.82) is 0 Å². The summed E-state index contributed by atoms with van der Waals surface area (Å²) in [5, 5.41) is 7.87. The number of ether oxygens (including phenoxy) is 1. The number of benzene rings is 1. The summed E-state index contributed by atoms with van der Waals surface area (Å²) in [6.07, 6.45) is 0.886. The zero-order valence-electron chi connectivity index (χ0n) is 10.6. The number of nitrogens with zero attached hydrogens (tertiary/aromatic N) is 2. The van der Waals surface area contributed by atoms with Gasteiger partial charge in [0.05, 0.1) is 6.61 Å². The van der Waals surface area contributed by atoms with E-state index in [1.54, 1.807) is 11.8 Å². The molecule has 96 valence electrons. The first-order valence-corrected chi connectivity index (χ1v) is 7.06. The van der Waals surface area contributed by atoms with Crippen molar-refractivity contribution in [3.05, 3.63) is 35.7 Å². The Morgan fingerprint density at radius 3 is 2.61 bits per heavy atom. The maximum absolute atomic E-state index is 5.41. The molecule has 1 N–H and O–H groups in total. The van der Waals surface area contributed by atoms with Crippen LogP contribution in [0, 0.1) is 0 Å². The van der Waals surface area contributed by atoms with E-state index in [-0.39, 0.29) is 0 Å². The highest BCUT2D eigenvalue weighted by molar-refractivity contribution is 7.98. The maximum Gasteiger partial charge on any atom is 0.208 e. The molecule has 2 rings (SSSR count). The summed E-state index contributed by atoms with van der Waals surface area (Å²) in [7, 11) is 0. The minimum atomic E-state index is 0.699. The average molecular weight is 263 g/mol. The van der Waals surface area contributed by atoms with Crippen LogP contribution in [-0.4, -0.2) is 21.8 Å². The smallest absolute Gasteiger partial charge is 0.208 e. The highest BCUT2D eigenvalue weighted by Gasteiger charge is 2.03. The Balaban J connectivity index is 1.89. The SMILES string of the molecule is CCOc1ccc(CSc2n[nH]c(CC)n2)cc1. The summed E-state index contributed by atoms with van der Waals surface area (Å²) in [6, 6.07) is 8.14. The third-order valence-electron chi connectivity index (χ3n) is 2.45. The van der Waals surface area contributed by atoms with E-state index in [2.05, 4.69) is 34.2 Å². The molecule has 0 bridgehead atoms. The van der Waals surface area contributed by atoms with E-state index in [0.29, 0.717) is 6.61 Å². The van der Waals surface area contributed by atoms with E-state index in [4.69, 9.17) is 4.74 Å². The van der Waals surface area contributed by atoms with Crippen LogP contribution in [0.5, 0.6) is 5.75 Å². The topological polar surface area (TPSA) is 50.8 Å². The van der Waals surface area contributed by atoms with Crippen LogP contribution < -0.4 is 4.74 Å². The molecule has 1 aromatic heterocycles. The highest BCUT2D eigenvalue weighted by atomic mass is 32.2. The van der Waals surface area contributed by atoms with Gasteiger partial charge in [0.15, 0.2) is 0 Å². The molecule has 0 saturated carbocycles. The Morgan fingerprint density at radius 2 is 2.00 bits per heavy atom. The van der Waals surface area contributed by atoms with E-state index in [9.17, 15) is 0 Å². The number of aryl methyl sites for hydroxylation is 1. The van der Waals surface area contributed by atoms with E-state index in [1.807, 2.05) is 19.1 Å². The molecule has 5 heteroatoms. The van der Waals surface area contributed by atoms with Crippen molar-refractivity contribution in [2.45, 2.75) is 31.2 Å². The molecule has 0 spiro atoms. The van der Waals surface area contributed by atoms with Crippen LogP contribution in [0.1, 0.15) is 25.2 Å². The number of hydrogen-bond acceptors (Lipinski definition) is 4. The van der Waals surface area contributed by atoms with Crippen LogP contribution in [0.3, 0.4) is 0 Å². The van der Waals surface area contributed by atoms with Crippen LogP contribution >= 0.6 is 11.8 Å². The largest absolute Gasteiger partial charge is 0.494 e. The summed E-state index contributed by atoms with van der Waals surface area (Å²) in [5.74, 6) is 2.72. The zero-order chi connectivity index (χ0) is 12.8. The van der Waals surface area contributed by atoms with Crippen LogP contribution in [0.15, 0.2) is 29.4 Å². The maximum atomic E-state index is 5.41. The fourth-order valence-electron chi connectivity index (χ4n) is 1.50. The van der Waals surface area contributed by atoms with Crippen molar-refractivity contribution in [2.24, 2.45) is 0 Å². The normalized spacial score (nSPS) is 10.6. The molecule has 0 radical (unpaired) electrons. The monoisotopic (exact) mass is 263 g/mol. The van der Waals surface area contributed by atoms with Gasteiger partial charge >= 0.3 is 0 Å². The predicted molar refractivity (Wildman–Crippen MR) is 72.9 cm³/mol. The van der Waals surface area contributed by atoms with Gasteiger partial charge in [0.2, 0.25) is 5.16 Å². The third kappa shape index (κ3) is 3.50. The number of aromatic nitrogens is 3. The molecule has 0 aliphatic heterocycles. The standard InChI is InChI=1S/C13H17N3OS/c1-3-12-14-13(16-15-12)18-9-10-5-7-11(8-6-10)17-4-2/h5-8H,3-4,9H2,1-2H3,(H,14,15,16). The molecule has 18 heavy (non-hydrogen) atoms. The van der Waals surface area contributed by atoms with E-state index in [1.165, 1.54) is 5.56 Å². The Morgan fingerprint density at radius 1 is 1.22 bits per heavy atom. The Kier molecular flexibility index (Phi) is 4.64. The lowest BCUT2D eigenvalue weighted by Crippen LogP contribution is -1.91. The van der Waals surface area contributed by atoms with Crippen molar-refractivity contribution in [3.8, 4) is 5.75 Å². The predicted octanol–water partition coefficient (Wildman–Crippen LogP) is 3.06. The Hall–Kier alpha value is -1.49. The second kappa shape index (κ2) is 6.44. The van der Waals surface area contributed by atoms with Crippen molar-refractivity contribution >= 4 is 11.8 Å². The summed E-state index contributed by atoms with van der Waals surface area (Å²) in [6.45, 7) is 4.74. The molecule has 1 aromatic carbocycles. The molecule has 0 atom stereocenters. The van der Waals surface area contributed by atoms with E-state index in [0.717, 1.165) is 28.9 Å². The number of hydrogen-bond donors (Lipinski definition) is 1. The van der Waals surface area contributed by atoms with Crippen molar-refractivity contribution < 1.29 is 4.74 Å². The quantitative estimate of drug-likeness (QED) is 0.814. The van der Waals surface area contributed by atoms with Gasteiger partial charge in [-0.2, -0.15) is 0 Å². The van der Waals surface area contributed by atoms with E-state index >= 15 is 0 Å². The number of nitrogens with one attached hydrogen (secondary N) is 1. The van der Waals surface area contributed by atoms with Crippen molar-refractivity contribution in [2.75, 3.05) is 6.61 Å². The zero-order valence-corrected chi connectivity index (χ0v) is 11.5. The van der Waals surface area contributed by atoms with Gasteiger partial charge in [-0.1, -0.05) is 30.8 Å². The van der Waals surface area contributed by atoms with Crippen LogP contribution in [-0.2, 0) is 12.2 Å². The Bertz CT molecular complexity index is 481. The number of thioether (sulfide) groups is 1. The fraction of sp³-hybridized carbons (Fsp3) is 0.385. The molecule has 0 unspecified atom stereocenters. The second-order valence-electron chi connectivity index (χ2n) is 3.78. The summed E-state index contributed by atoms with van der Waals surface area (Å²) in [5.41, 5.74) is 1.24. The summed E-state index contributed by atoms with van der Waals surface area (Å²) in [4.78, 5) is 4.36. The van der Waals surface area contributed by atoms with Crippen LogP contribution in [0.25, 0.3) is 0 Å². The van der Waals surface area contributed by atoms with Crippen LogP contribution in [0.4, 0.5) is 0 Å². The molecule has 4 nitrogen and oxygen atoms in total. The first-order valence-electron chi connectivity index (χ1n) is 6.07. The van der Waals surface area contributed by atoms with Crippen LogP contribution in [0.2, 0.25) is 0 Å². The Labute approximate surface area is 111 Å². The van der Waals surface area contributed by atoms with E-state index < -0.39 is 0 Å². The van der Waals surface area contributed by atoms with Crippen molar-refractivity contribution in [3.63, 3.8) is 0 Å². The second-order valence-corrected chi connectivity index (χ2v) is 4.73. The van der Waals surface area contributed by atoms with Gasteiger partial charge in [-0.05, 0) is 24.6 Å². The van der Waals surface area contributed by atoms with Crippen molar-refractivity contribution in [1.82, 2.24) is 15.2 Å². The molecular weight excluding hydrogens is 246 g/mol. The van der Waals surface area contributed by atoms with Gasteiger partial charge in [-0.15, -0.1) is 5.10 Å². The lowest BCUT2D eigenvalue weighted by molar-refractivity contribution is 0.340. The fourth-order valence-corrected chi connectivity index (χ4v) is 2.27. The molecular formula is C13H17N3OS. The summed E-state index contributed by atoms with van der Waals surface area (Å²) >= 11 is 1.63. The molecule has 1 heterocycles.